The van der Waals surface area contributed by atoms with Crippen molar-refractivity contribution in [2.45, 2.75) is 30.5 Å². The molecule has 0 aliphatic carbocycles. The van der Waals surface area contributed by atoms with Crippen molar-refractivity contribution in [2.24, 2.45) is 0 Å². The number of hydrogen-bond acceptors (Lipinski definition) is 13. The first-order chi connectivity index (χ1) is 20.5. The second-order valence-electron chi connectivity index (χ2n) is 9.79. The number of ether oxygens (including phenoxy) is 2. The molecule has 0 spiro atoms. The predicted octanol–water partition coefficient (Wildman–Crippen LogP) is 1.77. The van der Waals surface area contributed by atoms with Gasteiger partial charge in [0.15, 0.2) is 23.0 Å². The number of aromatic hydroxyl groups is 5. The Hall–Kier alpha value is -5.08. The molecule has 0 saturated carbocycles. The molecule has 2 heterocycles. The van der Waals surface area contributed by atoms with E-state index in [0.29, 0.717) is 5.56 Å². The van der Waals surface area contributed by atoms with Crippen molar-refractivity contribution in [3.8, 4) is 40.1 Å². The van der Waals surface area contributed by atoms with Crippen LogP contribution in [0.1, 0.15) is 17.2 Å². The molecule has 43 heavy (non-hydrogen) atoms. The van der Waals surface area contributed by atoms with E-state index < -0.39 is 82.5 Å². The fourth-order valence-corrected chi connectivity index (χ4v) is 4.78. The minimum absolute atomic E-state index is 0.0115. The molecule has 0 bridgehead atoms. The Morgan fingerprint density at radius 3 is 2.28 bits per heavy atom. The first kappa shape index (κ1) is 29.4. The molecular weight excluding hydrogens is 568 g/mol. The van der Waals surface area contributed by atoms with Gasteiger partial charge in [-0.05, 0) is 42.0 Å². The predicted molar refractivity (Wildman–Crippen MR) is 148 cm³/mol. The summed E-state index contributed by atoms with van der Waals surface area (Å²) in [5.41, 5.74) is -0.842. The molecule has 1 aromatic heterocycles. The molecule has 5 atom stereocenters. The van der Waals surface area contributed by atoms with Crippen molar-refractivity contribution in [1.82, 2.24) is 0 Å². The lowest BCUT2D eigenvalue weighted by Crippen LogP contribution is -2.56. The lowest BCUT2D eigenvalue weighted by Gasteiger charge is -2.42. The van der Waals surface area contributed by atoms with Crippen LogP contribution in [0.15, 0.2) is 69.9 Å². The Balaban J connectivity index is 1.54. The number of aliphatic hydroxyl groups excluding tert-OH is 3. The van der Waals surface area contributed by atoms with E-state index in [9.17, 15) is 50.4 Å². The number of phenolic OH excluding ortho intramolecular Hbond substituents is 5. The number of fused-ring (bicyclic) bond motifs is 1. The van der Waals surface area contributed by atoms with Crippen molar-refractivity contribution in [2.75, 3.05) is 6.61 Å². The summed E-state index contributed by atoms with van der Waals surface area (Å²) < 4.78 is 16.7. The third-order valence-electron chi connectivity index (χ3n) is 6.98. The van der Waals surface area contributed by atoms with Crippen LogP contribution in [-0.4, -0.2) is 77.8 Å². The molecular formula is C30H26O13. The standard InChI is InChI=1S/C30H26O13/c31-12-22-26(38)28(40)30(43-23(37)8-3-13-1-5-15(32)6-2-13)29(42-22)25-19(36)11-21-24(27(25)39)18(35)10-20(41-21)14-4-7-16(33)17(34)9-14/h1-11,22,26,28-34,36,38-40H,12H2. The van der Waals surface area contributed by atoms with Gasteiger partial charge in [-0.2, -0.15) is 0 Å². The van der Waals surface area contributed by atoms with E-state index in [0.717, 1.165) is 24.3 Å². The van der Waals surface area contributed by atoms with Gasteiger partial charge in [0, 0.05) is 23.8 Å². The summed E-state index contributed by atoms with van der Waals surface area (Å²) in [6.07, 6.45) is -6.11. The van der Waals surface area contributed by atoms with Gasteiger partial charge in [0.25, 0.3) is 0 Å². The summed E-state index contributed by atoms with van der Waals surface area (Å²) in [4.78, 5) is 25.8. The van der Waals surface area contributed by atoms with Gasteiger partial charge in [-0.1, -0.05) is 12.1 Å². The highest BCUT2D eigenvalue weighted by Crippen LogP contribution is 2.45. The van der Waals surface area contributed by atoms with Gasteiger partial charge in [0.05, 0.1) is 12.2 Å². The second kappa shape index (κ2) is 11.7. The molecule has 3 aromatic carbocycles. The number of esters is 1. The highest BCUT2D eigenvalue weighted by Gasteiger charge is 2.49. The number of phenols is 5. The molecule has 13 heteroatoms. The first-order valence-electron chi connectivity index (χ1n) is 12.8. The highest BCUT2D eigenvalue weighted by atomic mass is 16.6. The lowest BCUT2D eigenvalue weighted by atomic mass is 9.89. The maximum atomic E-state index is 13.1. The van der Waals surface area contributed by atoms with Crippen LogP contribution in [0.2, 0.25) is 0 Å². The summed E-state index contributed by atoms with van der Waals surface area (Å²) in [6, 6.07) is 11.5. The first-order valence-corrected chi connectivity index (χ1v) is 12.8. The maximum absolute atomic E-state index is 13.1. The molecule has 0 amide bonds. The van der Waals surface area contributed by atoms with Crippen LogP contribution in [0.25, 0.3) is 28.4 Å². The third-order valence-corrected chi connectivity index (χ3v) is 6.98. The van der Waals surface area contributed by atoms with Crippen LogP contribution in [-0.2, 0) is 14.3 Å². The topological polar surface area (TPSA) is 228 Å². The molecule has 224 valence electrons. The van der Waals surface area contributed by atoms with E-state index in [1.165, 1.54) is 42.5 Å². The minimum atomic E-state index is -1.86. The second-order valence-corrected chi connectivity index (χ2v) is 9.79. The monoisotopic (exact) mass is 594 g/mol. The fraction of sp³-hybridized carbons (Fsp3) is 0.200. The quantitative estimate of drug-likeness (QED) is 0.0905. The molecule has 5 rings (SSSR count). The van der Waals surface area contributed by atoms with Gasteiger partial charge in [-0.25, -0.2) is 4.79 Å². The number of aliphatic hydroxyl groups is 3. The Labute approximate surface area is 242 Å². The number of benzene rings is 3. The zero-order valence-corrected chi connectivity index (χ0v) is 22.1. The molecule has 1 fully saturated rings. The van der Waals surface area contributed by atoms with Gasteiger partial charge >= 0.3 is 5.97 Å². The van der Waals surface area contributed by atoms with Crippen molar-refractivity contribution in [1.29, 1.82) is 0 Å². The zero-order chi connectivity index (χ0) is 31.0. The van der Waals surface area contributed by atoms with Crippen LogP contribution in [0.4, 0.5) is 0 Å². The highest BCUT2D eigenvalue weighted by molar-refractivity contribution is 5.89. The van der Waals surface area contributed by atoms with E-state index in [-0.39, 0.29) is 22.7 Å². The Bertz CT molecular complexity index is 1760. The molecule has 4 aromatic rings. The fourth-order valence-electron chi connectivity index (χ4n) is 4.78. The molecule has 1 aliphatic heterocycles. The smallest absolute Gasteiger partial charge is 0.331 e. The SMILES string of the molecule is O=C(C=Cc1ccc(O)cc1)OC1C(c2c(O)cc3oc(-c4ccc(O)c(O)c4)cc(=O)c3c2O)OC(CO)C(O)C1O. The van der Waals surface area contributed by atoms with Crippen LogP contribution in [0.3, 0.4) is 0 Å². The molecule has 8 N–H and O–H groups in total. The van der Waals surface area contributed by atoms with E-state index in [2.05, 4.69) is 0 Å². The lowest BCUT2D eigenvalue weighted by molar-refractivity contribution is -0.240. The molecule has 5 unspecified atom stereocenters. The Morgan fingerprint density at radius 2 is 1.60 bits per heavy atom. The van der Waals surface area contributed by atoms with Gasteiger partial charge < -0.3 is 54.7 Å². The molecule has 1 saturated heterocycles. The third kappa shape index (κ3) is 5.69. The van der Waals surface area contributed by atoms with Gasteiger partial charge in [-0.15, -0.1) is 0 Å². The average Bonchev–Trinajstić information content (AvgIpc) is 2.97. The van der Waals surface area contributed by atoms with Crippen molar-refractivity contribution >= 4 is 23.0 Å². The molecule has 13 nitrogen and oxygen atoms in total. The molecule has 0 radical (unpaired) electrons. The van der Waals surface area contributed by atoms with E-state index >= 15 is 0 Å². The average molecular weight is 595 g/mol. The molecule has 1 aliphatic rings. The van der Waals surface area contributed by atoms with E-state index in [1.807, 2.05) is 0 Å². The number of hydrogen-bond donors (Lipinski definition) is 8. The number of carbonyl (C=O) groups excluding carboxylic acids is 1. The van der Waals surface area contributed by atoms with E-state index in [4.69, 9.17) is 13.9 Å². The van der Waals surface area contributed by atoms with Crippen LogP contribution >= 0.6 is 0 Å². The van der Waals surface area contributed by atoms with Crippen molar-refractivity contribution in [3.05, 3.63) is 82.0 Å². The largest absolute Gasteiger partial charge is 0.508 e. The van der Waals surface area contributed by atoms with Gasteiger partial charge in [0.2, 0.25) is 0 Å². The summed E-state index contributed by atoms with van der Waals surface area (Å²) in [5, 5.41) is 81.5. The van der Waals surface area contributed by atoms with Gasteiger partial charge in [0.1, 0.15) is 58.4 Å². The van der Waals surface area contributed by atoms with Crippen LogP contribution in [0.5, 0.6) is 28.7 Å². The number of carbonyl (C=O) groups is 1. The van der Waals surface area contributed by atoms with Crippen molar-refractivity contribution < 1.29 is 59.5 Å². The number of rotatable bonds is 6. The van der Waals surface area contributed by atoms with E-state index in [1.54, 1.807) is 0 Å². The Kier molecular flexibility index (Phi) is 7.98. The van der Waals surface area contributed by atoms with Crippen LogP contribution in [0, 0.1) is 0 Å². The summed E-state index contributed by atoms with van der Waals surface area (Å²) in [7, 11) is 0. The summed E-state index contributed by atoms with van der Waals surface area (Å²) in [6.45, 7) is -0.795. The summed E-state index contributed by atoms with van der Waals surface area (Å²) in [5.74, 6) is -3.50. The van der Waals surface area contributed by atoms with Gasteiger partial charge in [-0.3, -0.25) is 4.79 Å². The zero-order valence-electron chi connectivity index (χ0n) is 22.1. The maximum Gasteiger partial charge on any atom is 0.331 e. The summed E-state index contributed by atoms with van der Waals surface area (Å²) >= 11 is 0. The van der Waals surface area contributed by atoms with Crippen LogP contribution < -0.4 is 5.43 Å². The normalized spacial score (nSPS) is 22.2. The minimum Gasteiger partial charge on any atom is -0.508 e. The Morgan fingerprint density at radius 1 is 0.884 bits per heavy atom. The van der Waals surface area contributed by atoms with Crippen molar-refractivity contribution in [3.63, 3.8) is 0 Å².